The van der Waals surface area contributed by atoms with Gasteiger partial charge < -0.3 is 19.4 Å². The smallest absolute Gasteiger partial charge is 0.200 e. The summed E-state index contributed by atoms with van der Waals surface area (Å²) in [7, 11) is -1.80. The molecule has 0 saturated heterocycles. The number of aliphatic hydroxyl groups excluding tert-OH is 1. The van der Waals surface area contributed by atoms with Gasteiger partial charge in [-0.25, -0.2) is 0 Å². The Morgan fingerprint density at radius 1 is 1.05 bits per heavy atom. The third-order valence-electron chi connectivity index (χ3n) is 4.99. The Morgan fingerprint density at radius 3 is 2.00 bits per heavy atom. The fraction of sp³-hybridized carbons (Fsp3) is 1.00. The van der Waals surface area contributed by atoms with Crippen molar-refractivity contribution in [1.82, 2.24) is 0 Å². The molecule has 1 aliphatic rings. The van der Waals surface area contributed by atoms with Gasteiger partial charge in [0.1, 0.15) is 0 Å². The number of ether oxygens (including phenoxy) is 1. The van der Waals surface area contributed by atoms with Gasteiger partial charge in [-0.3, -0.25) is 0 Å². The summed E-state index contributed by atoms with van der Waals surface area (Å²) in [6, 6.07) is 0. The standard InChI is InChI=1S/C16H34O4Si/c1-12(2)21(13(3)4,14(5)6)20-9-7-15-11-16(15,18)19-10-8-17/h12-15,17-18H,7-11H2,1-6H3/t15-,16?/m1/s1. The first-order chi connectivity index (χ1) is 9.70. The van der Waals surface area contributed by atoms with Gasteiger partial charge >= 0.3 is 0 Å². The van der Waals surface area contributed by atoms with E-state index in [1.807, 2.05) is 0 Å². The number of rotatable bonds is 10. The van der Waals surface area contributed by atoms with Gasteiger partial charge in [-0.15, -0.1) is 0 Å². The number of hydrogen-bond acceptors (Lipinski definition) is 4. The molecule has 0 aromatic carbocycles. The molecule has 0 radical (unpaired) electrons. The summed E-state index contributed by atoms with van der Waals surface area (Å²) in [5.41, 5.74) is 1.75. The van der Waals surface area contributed by atoms with Crippen LogP contribution < -0.4 is 0 Å². The minimum absolute atomic E-state index is 0.0460. The second kappa shape index (κ2) is 7.55. The molecule has 0 spiro atoms. The van der Waals surface area contributed by atoms with Crippen molar-refractivity contribution in [2.75, 3.05) is 19.8 Å². The fourth-order valence-electron chi connectivity index (χ4n) is 3.90. The van der Waals surface area contributed by atoms with Crippen molar-refractivity contribution in [3.8, 4) is 0 Å². The van der Waals surface area contributed by atoms with Gasteiger partial charge in [0.15, 0.2) is 14.1 Å². The number of aliphatic hydroxyl groups is 2. The molecule has 1 fully saturated rings. The van der Waals surface area contributed by atoms with Crippen LogP contribution in [0.4, 0.5) is 0 Å². The molecule has 0 heterocycles. The van der Waals surface area contributed by atoms with E-state index in [1.165, 1.54) is 0 Å². The first-order valence-corrected chi connectivity index (χ1v) is 10.5. The van der Waals surface area contributed by atoms with Crippen LogP contribution >= 0.6 is 0 Å². The maximum absolute atomic E-state index is 10.1. The second-order valence-electron chi connectivity index (χ2n) is 7.27. The van der Waals surface area contributed by atoms with E-state index in [9.17, 15) is 5.11 Å². The van der Waals surface area contributed by atoms with Crippen LogP contribution in [-0.2, 0) is 9.16 Å². The summed E-state index contributed by atoms with van der Waals surface area (Å²) >= 11 is 0. The van der Waals surface area contributed by atoms with Crippen molar-refractivity contribution in [2.24, 2.45) is 5.92 Å². The highest BCUT2D eigenvalue weighted by atomic mass is 28.4. The molecule has 1 unspecified atom stereocenters. The predicted molar refractivity (Wildman–Crippen MR) is 87.7 cm³/mol. The lowest BCUT2D eigenvalue weighted by Gasteiger charge is -2.42. The summed E-state index contributed by atoms with van der Waals surface area (Å²) in [5.74, 6) is -0.855. The van der Waals surface area contributed by atoms with Crippen LogP contribution in [0.2, 0.25) is 16.6 Å². The van der Waals surface area contributed by atoms with Crippen LogP contribution in [0.1, 0.15) is 54.4 Å². The summed E-state index contributed by atoms with van der Waals surface area (Å²) < 4.78 is 11.8. The van der Waals surface area contributed by atoms with Crippen molar-refractivity contribution in [3.05, 3.63) is 0 Å². The molecule has 0 aliphatic heterocycles. The summed E-state index contributed by atoms with van der Waals surface area (Å²) in [6.45, 7) is 14.6. The van der Waals surface area contributed by atoms with Gasteiger partial charge in [0.2, 0.25) is 0 Å². The Balaban J connectivity index is 2.49. The SMILES string of the molecule is CC(C)[Si](OCC[C@@H]1CC1(O)OCCO)(C(C)C)C(C)C. The lowest BCUT2D eigenvalue weighted by atomic mass is 10.3. The Bertz CT molecular complexity index is 298. The van der Waals surface area contributed by atoms with Crippen molar-refractivity contribution >= 4 is 8.32 Å². The summed E-state index contributed by atoms with van der Waals surface area (Å²) in [5, 5.41) is 18.9. The van der Waals surface area contributed by atoms with E-state index in [-0.39, 0.29) is 19.1 Å². The van der Waals surface area contributed by atoms with Gasteiger partial charge in [0, 0.05) is 18.9 Å². The van der Waals surface area contributed by atoms with Crippen LogP contribution in [0.5, 0.6) is 0 Å². The zero-order chi connectivity index (χ0) is 16.3. The second-order valence-corrected chi connectivity index (χ2v) is 12.7. The van der Waals surface area contributed by atoms with E-state index >= 15 is 0 Å². The highest BCUT2D eigenvalue weighted by Gasteiger charge is 2.54. The average Bonchev–Trinajstić information content (AvgIpc) is 3.02. The lowest BCUT2D eigenvalue weighted by molar-refractivity contribution is -0.143. The molecule has 0 amide bonds. The first kappa shape index (κ1) is 19.1. The minimum Gasteiger partial charge on any atom is -0.416 e. The molecule has 126 valence electrons. The zero-order valence-electron chi connectivity index (χ0n) is 14.6. The lowest BCUT2D eigenvalue weighted by Crippen LogP contribution is -2.48. The van der Waals surface area contributed by atoms with E-state index in [0.717, 1.165) is 6.42 Å². The Kier molecular flexibility index (Phi) is 6.87. The van der Waals surface area contributed by atoms with E-state index in [2.05, 4.69) is 41.5 Å². The average molecular weight is 319 g/mol. The molecule has 5 heteroatoms. The van der Waals surface area contributed by atoms with E-state index < -0.39 is 14.1 Å². The summed E-state index contributed by atoms with van der Waals surface area (Å²) in [6.07, 6.45) is 1.50. The third-order valence-corrected chi connectivity index (χ3v) is 11.1. The van der Waals surface area contributed by atoms with E-state index in [0.29, 0.717) is 29.7 Å². The van der Waals surface area contributed by atoms with Crippen LogP contribution in [-0.4, -0.2) is 44.1 Å². The van der Waals surface area contributed by atoms with Gasteiger partial charge in [0.05, 0.1) is 13.2 Å². The van der Waals surface area contributed by atoms with Gasteiger partial charge in [-0.2, -0.15) is 0 Å². The van der Waals surface area contributed by atoms with Crippen LogP contribution in [0, 0.1) is 5.92 Å². The maximum atomic E-state index is 10.1. The predicted octanol–water partition coefficient (Wildman–Crippen LogP) is 3.29. The highest BCUT2D eigenvalue weighted by molar-refractivity contribution is 6.77. The molecule has 21 heavy (non-hydrogen) atoms. The molecule has 0 bridgehead atoms. The normalized spacial score (nSPS) is 26.1. The Labute approximate surface area is 131 Å². The zero-order valence-corrected chi connectivity index (χ0v) is 15.6. The first-order valence-electron chi connectivity index (χ1n) is 8.31. The van der Waals surface area contributed by atoms with Crippen molar-refractivity contribution < 1.29 is 19.4 Å². The molecule has 1 aliphatic carbocycles. The molecule has 2 atom stereocenters. The molecule has 2 N–H and O–H groups in total. The molecule has 0 aromatic rings. The topological polar surface area (TPSA) is 58.9 Å². The molecule has 1 saturated carbocycles. The molecular formula is C16H34O4Si. The molecular weight excluding hydrogens is 284 g/mol. The van der Waals surface area contributed by atoms with Crippen LogP contribution in [0.25, 0.3) is 0 Å². The largest absolute Gasteiger partial charge is 0.416 e. The van der Waals surface area contributed by atoms with E-state index in [4.69, 9.17) is 14.3 Å². The van der Waals surface area contributed by atoms with Gasteiger partial charge in [-0.1, -0.05) is 41.5 Å². The Morgan fingerprint density at radius 2 is 1.57 bits per heavy atom. The quantitative estimate of drug-likeness (QED) is 0.479. The fourth-order valence-corrected chi connectivity index (χ4v) is 9.37. The third kappa shape index (κ3) is 4.29. The van der Waals surface area contributed by atoms with Crippen molar-refractivity contribution in [3.63, 3.8) is 0 Å². The van der Waals surface area contributed by atoms with E-state index in [1.54, 1.807) is 0 Å². The monoisotopic (exact) mass is 318 g/mol. The van der Waals surface area contributed by atoms with Gasteiger partial charge in [0.25, 0.3) is 0 Å². The Hall–Kier alpha value is 0.0569. The van der Waals surface area contributed by atoms with Crippen molar-refractivity contribution in [2.45, 2.75) is 76.8 Å². The molecule has 1 rings (SSSR count). The number of hydrogen-bond donors (Lipinski definition) is 2. The highest BCUT2D eigenvalue weighted by Crippen LogP contribution is 2.48. The van der Waals surface area contributed by atoms with Crippen LogP contribution in [0.3, 0.4) is 0 Å². The van der Waals surface area contributed by atoms with Crippen molar-refractivity contribution in [1.29, 1.82) is 0 Å². The summed E-state index contributed by atoms with van der Waals surface area (Å²) in [4.78, 5) is 0. The maximum Gasteiger partial charge on any atom is 0.200 e. The minimum atomic E-state index is -1.80. The van der Waals surface area contributed by atoms with Gasteiger partial charge in [-0.05, 0) is 23.0 Å². The molecule has 0 aromatic heterocycles. The van der Waals surface area contributed by atoms with Crippen LogP contribution in [0.15, 0.2) is 0 Å². The molecule has 4 nitrogen and oxygen atoms in total.